The maximum atomic E-state index is 12.1. The summed E-state index contributed by atoms with van der Waals surface area (Å²) in [5.74, 6) is 0.293. The van der Waals surface area contributed by atoms with E-state index in [1.54, 1.807) is 6.07 Å². The summed E-state index contributed by atoms with van der Waals surface area (Å²) in [4.78, 5) is 0. The second-order valence-electron chi connectivity index (χ2n) is 3.61. The van der Waals surface area contributed by atoms with E-state index in [1.807, 2.05) is 0 Å². The van der Waals surface area contributed by atoms with Crippen molar-refractivity contribution >= 4 is 11.5 Å². The first-order valence-electron chi connectivity index (χ1n) is 4.83. The van der Waals surface area contributed by atoms with E-state index < -0.39 is 18.6 Å². The number of halogens is 3. The van der Waals surface area contributed by atoms with E-state index in [4.69, 9.17) is 0 Å². The lowest BCUT2D eigenvalue weighted by molar-refractivity contribution is -0.136. The molecule has 0 fully saturated rings. The van der Waals surface area contributed by atoms with Crippen LogP contribution in [0.5, 0.6) is 0 Å². The highest BCUT2D eigenvalue weighted by atomic mass is 19.4. The van der Waals surface area contributed by atoms with Crippen molar-refractivity contribution in [2.45, 2.75) is 25.6 Å². The van der Waals surface area contributed by atoms with Crippen LogP contribution in [0.1, 0.15) is 13.3 Å². The fourth-order valence-corrected chi connectivity index (χ4v) is 1.38. The summed E-state index contributed by atoms with van der Waals surface area (Å²) in [5.41, 5.74) is 0.430. The van der Waals surface area contributed by atoms with Gasteiger partial charge in [-0.1, -0.05) is 0 Å². The van der Waals surface area contributed by atoms with Gasteiger partial charge in [0.15, 0.2) is 5.65 Å². The molecule has 0 saturated carbocycles. The highest BCUT2D eigenvalue weighted by Crippen LogP contribution is 2.22. The van der Waals surface area contributed by atoms with E-state index in [-0.39, 0.29) is 0 Å². The molecule has 0 aliphatic heterocycles. The maximum Gasteiger partial charge on any atom is 0.391 e. The molecule has 0 radical (unpaired) electrons. The monoisotopic (exact) mass is 246 g/mol. The number of aromatic nitrogens is 5. The van der Waals surface area contributed by atoms with Gasteiger partial charge < -0.3 is 5.32 Å². The van der Waals surface area contributed by atoms with E-state index in [9.17, 15) is 13.2 Å². The van der Waals surface area contributed by atoms with Crippen LogP contribution in [0, 0.1) is 0 Å². The molecule has 6 nitrogen and oxygen atoms in total. The van der Waals surface area contributed by atoms with Crippen LogP contribution >= 0.6 is 0 Å². The molecule has 0 amide bonds. The highest BCUT2D eigenvalue weighted by Gasteiger charge is 2.30. The Morgan fingerprint density at radius 1 is 1.41 bits per heavy atom. The van der Waals surface area contributed by atoms with Gasteiger partial charge in [-0.3, -0.25) is 0 Å². The summed E-state index contributed by atoms with van der Waals surface area (Å²) < 4.78 is 37.5. The Kier molecular flexibility index (Phi) is 2.82. The fraction of sp³-hybridized carbons (Fsp3) is 0.500. The first kappa shape index (κ1) is 11.6. The minimum atomic E-state index is -4.20. The number of rotatable bonds is 3. The van der Waals surface area contributed by atoms with Crippen molar-refractivity contribution in [2.75, 3.05) is 5.32 Å². The van der Waals surface area contributed by atoms with Crippen LogP contribution in [0.25, 0.3) is 5.65 Å². The number of nitrogens with zero attached hydrogens (tertiary/aromatic N) is 5. The predicted octanol–water partition coefficient (Wildman–Crippen LogP) is 1.27. The minimum Gasteiger partial charge on any atom is -0.366 e. The van der Waals surface area contributed by atoms with Crippen molar-refractivity contribution in [3.8, 4) is 0 Å². The predicted molar refractivity (Wildman–Crippen MR) is 52.3 cm³/mol. The number of tetrazole rings is 1. The van der Waals surface area contributed by atoms with E-state index >= 15 is 0 Å². The summed E-state index contributed by atoms with van der Waals surface area (Å²) in [6.07, 6.45) is -5.13. The van der Waals surface area contributed by atoms with Crippen LogP contribution in [0.3, 0.4) is 0 Å². The van der Waals surface area contributed by atoms with Gasteiger partial charge in [-0.15, -0.1) is 14.8 Å². The third-order valence-corrected chi connectivity index (χ3v) is 2.00. The summed E-state index contributed by atoms with van der Waals surface area (Å²) in [7, 11) is 0. The Balaban J connectivity index is 2.07. The molecule has 1 unspecified atom stereocenters. The number of alkyl halides is 3. The van der Waals surface area contributed by atoms with Gasteiger partial charge in [-0.2, -0.15) is 13.2 Å². The normalized spacial score (nSPS) is 13.9. The van der Waals surface area contributed by atoms with Crippen LogP contribution in [-0.2, 0) is 0 Å². The lowest BCUT2D eigenvalue weighted by atomic mass is 10.2. The van der Waals surface area contributed by atoms with Crippen molar-refractivity contribution in [1.29, 1.82) is 0 Å². The Labute approximate surface area is 93.8 Å². The number of fused-ring (bicyclic) bond motifs is 1. The van der Waals surface area contributed by atoms with Gasteiger partial charge in [0.25, 0.3) is 0 Å². The van der Waals surface area contributed by atoms with Crippen molar-refractivity contribution in [1.82, 2.24) is 25.3 Å². The minimum absolute atomic E-state index is 0.293. The van der Waals surface area contributed by atoms with Crippen molar-refractivity contribution < 1.29 is 13.2 Å². The van der Waals surface area contributed by atoms with Gasteiger partial charge in [0.1, 0.15) is 5.82 Å². The summed E-state index contributed by atoms with van der Waals surface area (Å²) >= 11 is 0. The Bertz CT molecular complexity index is 507. The average Bonchev–Trinajstić information content (AvgIpc) is 2.61. The first-order chi connectivity index (χ1) is 7.94. The third kappa shape index (κ3) is 3.02. The van der Waals surface area contributed by atoms with Gasteiger partial charge in [0, 0.05) is 6.04 Å². The molecule has 2 rings (SSSR count). The first-order valence-corrected chi connectivity index (χ1v) is 4.83. The van der Waals surface area contributed by atoms with Gasteiger partial charge in [0.05, 0.1) is 6.42 Å². The molecule has 2 aromatic rings. The Morgan fingerprint density at radius 3 is 2.88 bits per heavy atom. The zero-order valence-electron chi connectivity index (χ0n) is 8.81. The van der Waals surface area contributed by atoms with Crippen LogP contribution in [-0.4, -0.2) is 37.5 Å². The van der Waals surface area contributed by atoms with Crippen LogP contribution < -0.4 is 5.32 Å². The number of hydrogen-bond donors (Lipinski definition) is 1. The molecule has 0 aliphatic carbocycles. The topological polar surface area (TPSA) is 68.0 Å². The number of hydrogen-bond acceptors (Lipinski definition) is 5. The van der Waals surface area contributed by atoms with Gasteiger partial charge >= 0.3 is 6.18 Å². The van der Waals surface area contributed by atoms with Gasteiger partial charge in [-0.25, -0.2) is 0 Å². The number of anilines is 1. The molecule has 0 aromatic carbocycles. The standard InChI is InChI=1S/C8H9F3N6/c1-5(4-8(9,10)11)12-6-2-3-7-13-15-16-17(7)14-6/h2-3,5H,4H2,1H3,(H,12,14). The molecule has 1 N–H and O–H groups in total. The third-order valence-electron chi connectivity index (χ3n) is 2.00. The lowest BCUT2D eigenvalue weighted by Gasteiger charge is -2.15. The number of nitrogens with one attached hydrogen (secondary N) is 1. The molecule has 2 aromatic heterocycles. The molecule has 0 spiro atoms. The Morgan fingerprint density at radius 2 is 2.18 bits per heavy atom. The molecule has 2 heterocycles. The molecule has 9 heteroatoms. The quantitative estimate of drug-likeness (QED) is 0.883. The summed E-state index contributed by atoms with van der Waals surface area (Å²) in [6, 6.07) is 2.32. The molecule has 1 atom stereocenters. The molecule has 0 bridgehead atoms. The molecule has 0 aliphatic rings. The van der Waals surface area contributed by atoms with Crippen LogP contribution in [0.4, 0.5) is 19.0 Å². The van der Waals surface area contributed by atoms with Crippen LogP contribution in [0.2, 0.25) is 0 Å². The SMILES string of the molecule is CC(CC(F)(F)F)Nc1ccc2nnnn2n1. The Hall–Kier alpha value is -1.93. The van der Waals surface area contributed by atoms with E-state index in [0.717, 1.165) is 4.63 Å². The highest BCUT2D eigenvalue weighted by molar-refractivity contribution is 5.42. The molecule has 17 heavy (non-hydrogen) atoms. The second kappa shape index (κ2) is 4.15. The maximum absolute atomic E-state index is 12.1. The second-order valence-corrected chi connectivity index (χ2v) is 3.61. The van der Waals surface area contributed by atoms with Crippen LogP contribution in [0.15, 0.2) is 12.1 Å². The zero-order valence-corrected chi connectivity index (χ0v) is 8.81. The van der Waals surface area contributed by atoms with E-state index in [2.05, 4.69) is 25.9 Å². The van der Waals surface area contributed by atoms with Gasteiger partial charge in [0.2, 0.25) is 0 Å². The molecule has 0 saturated heterocycles. The molecular weight excluding hydrogens is 237 g/mol. The summed E-state index contributed by atoms with van der Waals surface area (Å²) in [5, 5.41) is 17.1. The lowest BCUT2D eigenvalue weighted by Crippen LogP contribution is -2.24. The molecular formula is C8H9F3N6. The average molecular weight is 246 g/mol. The van der Waals surface area contributed by atoms with Crippen molar-refractivity contribution in [3.05, 3.63) is 12.1 Å². The summed E-state index contributed by atoms with van der Waals surface area (Å²) in [6.45, 7) is 1.43. The smallest absolute Gasteiger partial charge is 0.366 e. The zero-order chi connectivity index (χ0) is 12.5. The molecule has 92 valence electrons. The van der Waals surface area contributed by atoms with E-state index in [1.165, 1.54) is 13.0 Å². The van der Waals surface area contributed by atoms with Crippen molar-refractivity contribution in [3.63, 3.8) is 0 Å². The van der Waals surface area contributed by atoms with Crippen molar-refractivity contribution in [2.24, 2.45) is 0 Å². The van der Waals surface area contributed by atoms with Gasteiger partial charge in [-0.05, 0) is 29.5 Å². The van der Waals surface area contributed by atoms with E-state index in [0.29, 0.717) is 11.5 Å². The fourth-order valence-electron chi connectivity index (χ4n) is 1.38. The largest absolute Gasteiger partial charge is 0.391 e.